The van der Waals surface area contributed by atoms with E-state index in [1.165, 1.54) is 0 Å². The number of aryl methyl sites for hydroxylation is 1. The molecule has 5 heteroatoms. The molecule has 0 saturated carbocycles. The van der Waals surface area contributed by atoms with Crippen molar-refractivity contribution < 1.29 is 9.53 Å². The van der Waals surface area contributed by atoms with E-state index in [-0.39, 0.29) is 11.8 Å². The SMILES string of the molecule is Cc1ccc(C(=O)[C@@H]2Oc3ccccc3[C@@H]3CC(c4ccc(Br)cc4)=NN23)cc1. The maximum atomic E-state index is 13.3. The molecule has 0 amide bonds. The molecule has 0 spiro atoms. The van der Waals surface area contributed by atoms with E-state index in [4.69, 9.17) is 9.84 Å². The number of carbonyl (C=O) groups excluding carboxylic acids is 1. The largest absolute Gasteiger partial charge is 0.461 e. The normalized spacial score (nSPS) is 19.8. The fourth-order valence-corrected chi connectivity index (χ4v) is 4.15. The number of ketones is 1. The zero-order chi connectivity index (χ0) is 20.0. The van der Waals surface area contributed by atoms with E-state index in [1.54, 1.807) is 0 Å². The molecule has 144 valence electrons. The number of nitrogens with zero attached hydrogens (tertiary/aromatic N) is 2. The number of Topliss-reactive ketones (excluding diaryl/α,β-unsaturated/α-hetero) is 1. The fraction of sp³-hybridized carbons (Fsp3) is 0.167. The second kappa shape index (κ2) is 7.16. The van der Waals surface area contributed by atoms with Crippen molar-refractivity contribution in [3.63, 3.8) is 0 Å². The first-order valence-electron chi connectivity index (χ1n) is 9.58. The molecular formula is C24H19BrN2O2. The van der Waals surface area contributed by atoms with Crippen molar-refractivity contribution in [1.29, 1.82) is 0 Å². The van der Waals surface area contributed by atoms with Gasteiger partial charge in [0.2, 0.25) is 5.78 Å². The van der Waals surface area contributed by atoms with Gasteiger partial charge in [-0.25, -0.2) is 5.01 Å². The molecule has 4 nitrogen and oxygen atoms in total. The maximum absolute atomic E-state index is 13.3. The third-order valence-electron chi connectivity index (χ3n) is 5.44. The molecule has 0 radical (unpaired) electrons. The van der Waals surface area contributed by atoms with Crippen LogP contribution in [0.3, 0.4) is 0 Å². The third-order valence-corrected chi connectivity index (χ3v) is 5.97. The second-order valence-corrected chi connectivity index (χ2v) is 8.31. The monoisotopic (exact) mass is 446 g/mol. The molecule has 0 aromatic heterocycles. The van der Waals surface area contributed by atoms with Gasteiger partial charge in [-0.05, 0) is 30.7 Å². The number of hydrogen-bond acceptors (Lipinski definition) is 4. The van der Waals surface area contributed by atoms with Crippen molar-refractivity contribution in [2.45, 2.75) is 25.6 Å². The molecule has 3 aromatic carbocycles. The van der Waals surface area contributed by atoms with Crippen molar-refractivity contribution in [3.05, 3.63) is 99.5 Å². The van der Waals surface area contributed by atoms with E-state index >= 15 is 0 Å². The molecule has 0 saturated heterocycles. The standard InChI is InChI=1S/C24H19BrN2O2/c1-15-6-8-17(9-7-15)23(28)24-27-21(19-4-2-3-5-22(19)29-24)14-20(26-27)16-10-12-18(25)13-11-16/h2-13,21,24H,14H2,1H3/t21-,24-/m0/s1. The van der Waals surface area contributed by atoms with Crippen LogP contribution in [0.15, 0.2) is 82.4 Å². The first-order chi connectivity index (χ1) is 14.1. The predicted octanol–water partition coefficient (Wildman–Crippen LogP) is 5.51. The Balaban J connectivity index is 1.55. The lowest BCUT2D eigenvalue weighted by molar-refractivity contribution is -0.00455. The zero-order valence-corrected chi connectivity index (χ0v) is 17.5. The Kier molecular flexibility index (Phi) is 4.47. The molecule has 2 aliphatic rings. The zero-order valence-electron chi connectivity index (χ0n) is 15.9. The Morgan fingerprint density at radius 2 is 1.76 bits per heavy atom. The molecule has 0 bridgehead atoms. The van der Waals surface area contributed by atoms with E-state index in [2.05, 4.69) is 22.0 Å². The number of benzene rings is 3. The van der Waals surface area contributed by atoms with Crippen LogP contribution in [-0.4, -0.2) is 22.7 Å². The lowest BCUT2D eigenvalue weighted by atomic mass is 9.96. The van der Waals surface area contributed by atoms with E-state index in [0.29, 0.717) is 5.56 Å². The molecule has 2 atom stereocenters. The molecule has 0 unspecified atom stereocenters. The Hall–Kier alpha value is -2.92. The van der Waals surface area contributed by atoms with Crippen molar-refractivity contribution in [1.82, 2.24) is 5.01 Å². The van der Waals surface area contributed by atoms with Crippen molar-refractivity contribution >= 4 is 27.4 Å². The van der Waals surface area contributed by atoms with Crippen molar-refractivity contribution in [2.24, 2.45) is 5.10 Å². The van der Waals surface area contributed by atoms with Crippen molar-refractivity contribution in [3.8, 4) is 5.75 Å². The van der Waals surface area contributed by atoms with Gasteiger partial charge < -0.3 is 4.74 Å². The average Bonchev–Trinajstić information content (AvgIpc) is 3.19. The summed E-state index contributed by atoms with van der Waals surface area (Å²) >= 11 is 3.48. The molecule has 0 N–H and O–H groups in total. The molecule has 0 fully saturated rings. The molecule has 2 aliphatic heterocycles. The first-order valence-corrected chi connectivity index (χ1v) is 10.4. The highest BCUT2D eigenvalue weighted by Gasteiger charge is 2.43. The van der Waals surface area contributed by atoms with E-state index < -0.39 is 6.23 Å². The van der Waals surface area contributed by atoms with Gasteiger partial charge in [0.25, 0.3) is 6.23 Å². The summed E-state index contributed by atoms with van der Waals surface area (Å²) in [5, 5.41) is 6.68. The summed E-state index contributed by atoms with van der Waals surface area (Å²) in [7, 11) is 0. The molecular weight excluding hydrogens is 428 g/mol. The van der Waals surface area contributed by atoms with Gasteiger partial charge in [0.15, 0.2) is 0 Å². The number of halogens is 1. The van der Waals surface area contributed by atoms with Gasteiger partial charge in [-0.2, -0.15) is 5.10 Å². The van der Waals surface area contributed by atoms with Gasteiger partial charge in [-0.3, -0.25) is 4.79 Å². The average molecular weight is 447 g/mol. The molecule has 5 rings (SSSR count). The number of hydrazone groups is 1. The highest BCUT2D eigenvalue weighted by atomic mass is 79.9. The summed E-state index contributed by atoms with van der Waals surface area (Å²) in [6, 6.07) is 23.6. The van der Waals surface area contributed by atoms with Gasteiger partial charge in [0.1, 0.15) is 5.75 Å². The molecule has 2 heterocycles. The van der Waals surface area contributed by atoms with Crippen LogP contribution < -0.4 is 4.74 Å². The number of fused-ring (bicyclic) bond motifs is 3. The van der Waals surface area contributed by atoms with Crippen LogP contribution in [0, 0.1) is 6.92 Å². The molecule has 29 heavy (non-hydrogen) atoms. The Morgan fingerprint density at radius 3 is 2.52 bits per heavy atom. The van der Waals surface area contributed by atoms with Gasteiger partial charge in [-0.15, -0.1) is 0 Å². The van der Waals surface area contributed by atoms with E-state index in [0.717, 1.165) is 39.0 Å². The summed E-state index contributed by atoms with van der Waals surface area (Å²) in [6.07, 6.45) is -0.0368. The molecule has 0 aliphatic carbocycles. The van der Waals surface area contributed by atoms with E-state index in [1.807, 2.05) is 78.7 Å². The number of ether oxygens (including phenoxy) is 1. The lowest BCUT2D eigenvalue weighted by Gasteiger charge is -2.37. The van der Waals surface area contributed by atoms with E-state index in [9.17, 15) is 4.79 Å². The van der Waals surface area contributed by atoms with Crippen LogP contribution in [0.4, 0.5) is 0 Å². The van der Waals surface area contributed by atoms with Crippen LogP contribution in [0.25, 0.3) is 0 Å². The Bertz CT molecular complexity index is 1110. The minimum atomic E-state index is -0.773. The van der Waals surface area contributed by atoms with Crippen LogP contribution >= 0.6 is 15.9 Å². The quantitative estimate of drug-likeness (QED) is 0.498. The number of rotatable bonds is 3. The van der Waals surface area contributed by atoms with Crippen LogP contribution in [0.2, 0.25) is 0 Å². The van der Waals surface area contributed by atoms with Crippen LogP contribution in [0.5, 0.6) is 5.75 Å². The fourth-order valence-electron chi connectivity index (χ4n) is 3.88. The predicted molar refractivity (Wildman–Crippen MR) is 116 cm³/mol. The summed E-state index contributed by atoms with van der Waals surface area (Å²) < 4.78 is 7.18. The summed E-state index contributed by atoms with van der Waals surface area (Å²) in [5.41, 5.74) is 4.83. The highest BCUT2D eigenvalue weighted by Crippen LogP contribution is 2.43. The van der Waals surface area contributed by atoms with Crippen LogP contribution in [-0.2, 0) is 0 Å². The van der Waals surface area contributed by atoms with Gasteiger partial charge >= 0.3 is 0 Å². The van der Waals surface area contributed by atoms with Gasteiger partial charge in [-0.1, -0.05) is 76.1 Å². The lowest BCUT2D eigenvalue weighted by Crippen LogP contribution is -2.45. The third kappa shape index (κ3) is 3.25. The summed E-state index contributed by atoms with van der Waals surface area (Å²) in [5.74, 6) is 0.678. The van der Waals surface area contributed by atoms with Crippen molar-refractivity contribution in [2.75, 3.05) is 0 Å². The summed E-state index contributed by atoms with van der Waals surface area (Å²) in [4.78, 5) is 13.3. The van der Waals surface area contributed by atoms with Crippen LogP contribution in [0.1, 0.15) is 39.5 Å². The minimum absolute atomic E-state index is 0.0157. The number of carbonyl (C=O) groups is 1. The Morgan fingerprint density at radius 1 is 1.03 bits per heavy atom. The summed E-state index contributed by atoms with van der Waals surface area (Å²) in [6.45, 7) is 2.01. The maximum Gasteiger partial charge on any atom is 0.251 e. The highest BCUT2D eigenvalue weighted by molar-refractivity contribution is 9.10. The second-order valence-electron chi connectivity index (χ2n) is 7.39. The van der Waals surface area contributed by atoms with Gasteiger partial charge in [0, 0.05) is 22.0 Å². The number of hydrogen-bond donors (Lipinski definition) is 0. The first kappa shape index (κ1) is 18.1. The smallest absolute Gasteiger partial charge is 0.251 e. The Labute approximate surface area is 177 Å². The topological polar surface area (TPSA) is 41.9 Å². The van der Waals surface area contributed by atoms with Gasteiger partial charge in [0.05, 0.1) is 11.8 Å². The minimum Gasteiger partial charge on any atom is -0.461 e. The molecule has 3 aromatic rings. The number of para-hydroxylation sites is 1.